The highest BCUT2D eigenvalue weighted by molar-refractivity contribution is 5.94. The molecule has 2 aliphatic rings. The number of carbonyl (C=O) groups is 1. The fourth-order valence-electron chi connectivity index (χ4n) is 4.38. The van der Waals surface area contributed by atoms with E-state index in [2.05, 4.69) is 52.3 Å². The standard InChI is InChI=1S/C23H28F2N4O/c1-27-10-12-29(13-11-27)21(16-6-7-20-17(14-16)8-9-28(20)2)15-26-23(30)22-18(24)4-3-5-19(22)25/h3-7,14,21H,8-13,15H2,1-2H3,(H,26,30)/t21-/m0/s1. The van der Waals surface area contributed by atoms with Crippen LogP contribution in [0.4, 0.5) is 14.5 Å². The fourth-order valence-corrected chi connectivity index (χ4v) is 4.38. The topological polar surface area (TPSA) is 38.8 Å². The summed E-state index contributed by atoms with van der Waals surface area (Å²) in [5.74, 6) is -2.40. The summed E-state index contributed by atoms with van der Waals surface area (Å²) in [6.45, 7) is 4.94. The summed E-state index contributed by atoms with van der Waals surface area (Å²) in [7, 11) is 4.19. The molecule has 0 unspecified atom stereocenters. The first-order valence-electron chi connectivity index (χ1n) is 10.4. The minimum atomic E-state index is -0.843. The van der Waals surface area contributed by atoms with E-state index in [1.165, 1.54) is 17.3 Å². The second kappa shape index (κ2) is 8.70. The zero-order valence-corrected chi connectivity index (χ0v) is 17.5. The largest absolute Gasteiger partial charge is 0.374 e. The predicted molar refractivity (Wildman–Crippen MR) is 114 cm³/mol. The summed E-state index contributed by atoms with van der Waals surface area (Å²) in [5.41, 5.74) is 3.15. The van der Waals surface area contributed by atoms with E-state index in [1.807, 2.05) is 0 Å². The van der Waals surface area contributed by atoms with E-state index >= 15 is 0 Å². The number of amides is 1. The van der Waals surface area contributed by atoms with Crippen molar-refractivity contribution in [3.63, 3.8) is 0 Å². The van der Waals surface area contributed by atoms with Gasteiger partial charge in [-0.25, -0.2) is 8.78 Å². The van der Waals surface area contributed by atoms with Crippen LogP contribution in [-0.4, -0.2) is 69.1 Å². The molecule has 160 valence electrons. The van der Waals surface area contributed by atoms with Gasteiger partial charge in [0, 0.05) is 52.0 Å². The Labute approximate surface area is 176 Å². The van der Waals surface area contributed by atoms with Crippen molar-refractivity contribution < 1.29 is 13.6 Å². The Hall–Kier alpha value is -2.51. The molecule has 1 fully saturated rings. The summed E-state index contributed by atoms with van der Waals surface area (Å²) < 4.78 is 28.0. The summed E-state index contributed by atoms with van der Waals surface area (Å²) in [4.78, 5) is 19.4. The molecule has 0 radical (unpaired) electrons. The first-order valence-corrected chi connectivity index (χ1v) is 10.4. The summed E-state index contributed by atoms with van der Waals surface area (Å²) >= 11 is 0. The van der Waals surface area contributed by atoms with Crippen LogP contribution in [0.5, 0.6) is 0 Å². The molecule has 1 amide bonds. The summed E-state index contributed by atoms with van der Waals surface area (Å²) in [5, 5.41) is 2.78. The van der Waals surface area contributed by atoms with Crippen molar-refractivity contribution >= 4 is 11.6 Å². The molecule has 0 saturated carbocycles. The maximum atomic E-state index is 14.0. The first kappa shape index (κ1) is 20.8. The number of nitrogens with zero attached hydrogens (tertiary/aromatic N) is 3. The lowest BCUT2D eigenvalue weighted by atomic mass is 10.00. The molecule has 0 spiro atoms. The zero-order valence-electron chi connectivity index (χ0n) is 17.5. The van der Waals surface area contributed by atoms with Crippen LogP contribution in [0, 0.1) is 11.6 Å². The molecular formula is C23H28F2N4O. The molecule has 5 nitrogen and oxygen atoms in total. The van der Waals surface area contributed by atoms with Crippen molar-refractivity contribution in [2.75, 3.05) is 58.3 Å². The molecule has 1 atom stereocenters. The monoisotopic (exact) mass is 414 g/mol. The number of nitrogens with one attached hydrogen (secondary N) is 1. The molecule has 2 heterocycles. The van der Waals surface area contributed by atoms with Gasteiger partial charge in [-0.15, -0.1) is 0 Å². The third kappa shape index (κ3) is 4.18. The van der Waals surface area contributed by atoms with Crippen molar-refractivity contribution in [3.05, 3.63) is 64.7 Å². The van der Waals surface area contributed by atoms with E-state index in [4.69, 9.17) is 0 Å². The Kier molecular flexibility index (Phi) is 6.01. The quantitative estimate of drug-likeness (QED) is 0.817. The lowest BCUT2D eigenvalue weighted by molar-refractivity contribution is 0.0879. The first-order chi connectivity index (χ1) is 14.4. The van der Waals surface area contributed by atoms with Crippen molar-refractivity contribution in [2.24, 2.45) is 0 Å². The number of carbonyl (C=O) groups excluding carboxylic acids is 1. The van der Waals surface area contributed by atoms with Gasteiger partial charge in [0.05, 0.1) is 6.04 Å². The maximum Gasteiger partial charge on any atom is 0.257 e. The number of likely N-dealkylation sites (N-methyl/N-ethyl adjacent to an activating group) is 2. The molecule has 7 heteroatoms. The van der Waals surface area contributed by atoms with Crippen LogP contribution in [0.3, 0.4) is 0 Å². The Morgan fingerprint density at radius 1 is 1.03 bits per heavy atom. The zero-order chi connectivity index (χ0) is 21.3. The molecule has 1 N–H and O–H groups in total. The minimum Gasteiger partial charge on any atom is -0.374 e. The van der Waals surface area contributed by atoms with E-state index in [9.17, 15) is 13.6 Å². The lowest BCUT2D eigenvalue weighted by Crippen LogP contribution is -2.48. The van der Waals surface area contributed by atoms with E-state index in [1.54, 1.807) is 0 Å². The number of anilines is 1. The third-order valence-electron chi connectivity index (χ3n) is 6.24. The van der Waals surface area contributed by atoms with Crippen LogP contribution >= 0.6 is 0 Å². The van der Waals surface area contributed by atoms with Crippen molar-refractivity contribution in [3.8, 4) is 0 Å². The highest BCUT2D eigenvalue weighted by atomic mass is 19.1. The fraction of sp³-hybridized carbons (Fsp3) is 0.435. The van der Waals surface area contributed by atoms with Crippen molar-refractivity contribution in [1.29, 1.82) is 0 Å². The summed E-state index contributed by atoms with van der Waals surface area (Å²) in [6.07, 6.45) is 1.00. The molecule has 2 aromatic carbocycles. The van der Waals surface area contributed by atoms with E-state index in [-0.39, 0.29) is 6.04 Å². The highest BCUT2D eigenvalue weighted by Gasteiger charge is 2.27. The van der Waals surface area contributed by atoms with Gasteiger partial charge >= 0.3 is 0 Å². The van der Waals surface area contributed by atoms with E-state index < -0.39 is 23.1 Å². The molecule has 0 aromatic heterocycles. The molecule has 1 saturated heterocycles. The Morgan fingerprint density at radius 3 is 2.43 bits per heavy atom. The highest BCUT2D eigenvalue weighted by Crippen LogP contribution is 2.31. The third-order valence-corrected chi connectivity index (χ3v) is 6.24. The van der Waals surface area contributed by atoms with Gasteiger partial charge in [0.1, 0.15) is 17.2 Å². The van der Waals surface area contributed by atoms with Crippen LogP contribution in [0.2, 0.25) is 0 Å². The van der Waals surface area contributed by atoms with Crippen molar-refractivity contribution in [1.82, 2.24) is 15.1 Å². The molecule has 30 heavy (non-hydrogen) atoms. The van der Waals surface area contributed by atoms with Gasteiger partial charge in [-0.2, -0.15) is 0 Å². The normalized spacial score (nSPS) is 18.3. The van der Waals surface area contributed by atoms with Crippen LogP contribution < -0.4 is 10.2 Å². The van der Waals surface area contributed by atoms with Crippen molar-refractivity contribution in [2.45, 2.75) is 12.5 Å². The lowest BCUT2D eigenvalue weighted by Gasteiger charge is -2.38. The molecule has 4 rings (SSSR count). The molecule has 0 aliphatic carbocycles. The average molecular weight is 415 g/mol. The number of hydrogen-bond donors (Lipinski definition) is 1. The van der Waals surface area contributed by atoms with Gasteiger partial charge in [0.2, 0.25) is 0 Å². The summed E-state index contributed by atoms with van der Waals surface area (Å²) in [6, 6.07) is 9.89. The number of piperazine rings is 1. The van der Waals surface area contributed by atoms with Crippen LogP contribution in [0.15, 0.2) is 36.4 Å². The van der Waals surface area contributed by atoms with Gasteiger partial charge in [-0.05, 0) is 42.8 Å². The average Bonchev–Trinajstić information content (AvgIpc) is 3.09. The molecule has 2 aromatic rings. The van der Waals surface area contributed by atoms with E-state index in [0.29, 0.717) is 6.54 Å². The second-order valence-corrected chi connectivity index (χ2v) is 8.22. The van der Waals surface area contributed by atoms with Gasteiger partial charge < -0.3 is 15.1 Å². The SMILES string of the molecule is CN1CCN([C@@H](CNC(=O)c2c(F)cccc2F)c2ccc3c(c2)CCN3C)CC1. The maximum absolute atomic E-state index is 14.0. The van der Waals surface area contributed by atoms with E-state index in [0.717, 1.165) is 56.8 Å². The van der Waals surface area contributed by atoms with Gasteiger partial charge in [0.15, 0.2) is 0 Å². The smallest absolute Gasteiger partial charge is 0.257 e. The number of fused-ring (bicyclic) bond motifs is 1. The van der Waals surface area contributed by atoms with Crippen LogP contribution in [-0.2, 0) is 6.42 Å². The predicted octanol–water partition coefficient (Wildman–Crippen LogP) is 2.68. The number of halogens is 2. The number of rotatable bonds is 5. The minimum absolute atomic E-state index is 0.0475. The molecule has 2 aliphatic heterocycles. The molecular weight excluding hydrogens is 386 g/mol. The Balaban J connectivity index is 1.56. The number of hydrogen-bond acceptors (Lipinski definition) is 4. The van der Waals surface area contributed by atoms with Gasteiger partial charge in [0.25, 0.3) is 5.91 Å². The van der Waals surface area contributed by atoms with Crippen LogP contribution in [0.25, 0.3) is 0 Å². The van der Waals surface area contributed by atoms with Gasteiger partial charge in [-0.1, -0.05) is 18.2 Å². The Morgan fingerprint density at radius 2 is 1.73 bits per heavy atom. The van der Waals surface area contributed by atoms with Crippen LogP contribution in [0.1, 0.15) is 27.5 Å². The van der Waals surface area contributed by atoms with Gasteiger partial charge in [-0.3, -0.25) is 9.69 Å². The Bertz CT molecular complexity index is 907. The molecule has 0 bridgehead atoms. The second-order valence-electron chi connectivity index (χ2n) is 8.22. The number of benzene rings is 2.